The molecule has 0 spiro atoms. The van der Waals surface area contributed by atoms with E-state index in [2.05, 4.69) is 25.8 Å². The summed E-state index contributed by atoms with van der Waals surface area (Å²) in [7, 11) is 2.19. The van der Waals surface area contributed by atoms with Gasteiger partial charge in [0.2, 0.25) is 0 Å². The topological polar surface area (TPSA) is 29.3 Å². The van der Waals surface area contributed by atoms with Gasteiger partial charge in [0.05, 0.1) is 0 Å². The Morgan fingerprint density at radius 1 is 1.38 bits per heavy atom. The fourth-order valence-electron chi connectivity index (χ4n) is 2.26. The van der Waals surface area contributed by atoms with Crippen LogP contribution >= 0.6 is 0 Å². The molecule has 1 aliphatic rings. The number of nitrogens with zero attached hydrogens (tertiary/aromatic N) is 1. The quantitative estimate of drug-likeness (QED) is 0.723. The van der Waals surface area contributed by atoms with Crippen molar-refractivity contribution in [3.63, 3.8) is 0 Å². The first-order valence-electron chi connectivity index (χ1n) is 5.57. The zero-order valence-electron chi connectivity index (χ0n) is 9.29. The minimum atomic E-state index is 0.449. The molecule has 3 atom stereocenters. The molecule has 2 nitrogen and oxygen atoms in total. The molecule has 0 bridgehead atoms. The predicted octanol–water partition coefficient (Wildman–Crippen LogP) is 1.70. The lowest BCUT2D eigenvalue weighted by Gasteiger charge is -2.34. The van der Waals surface area contributed by atoms with Gasteiger partial charge in [-0.15, -0.1) is 0 Å². The molecule has 3 unspecified atom stereocenters. The lowest BCUT2D eigenvalue weighted by atomic mass is 9.79. The lowest BCUT2D eigenvalue weighted by Crippen LogP contribution is -2.41. The van der Waals surface area contributed by atoms with Crippen LogP contribution in [-0.2, 0) is 0 Å². The minimum absolute atomic E-state index is 0.449. The van der Waals surface area contributed by atoms with E-state index in [1.165, 1.54) is 25.8 Å². The second-order valence-electron chi connectivity index (χ2n) is 4.70. The van der Waals surface area contributed by atoms with Crippen molar-refractivity contribution < 1.29 is 0 Å². The SMILES string of the molecule is CCN(C)CC1CC(C)CCC1N. The molecule has 1 aliphatic carbocycles. The zero-order chi connectivity index (χ0) is 9.84. The monoisotopic (exact) mass is 184 g/mol. The molecule has 0 aromatic heterocycles. The number of nitrogens with two attached hydrogens (primary N) is 1. The van der Waals surface area contributed by atoms with Gasteiger partial charge in [0.1, 0.15) is 0 Å². The van der Waals surface area contributed by atoms with Crippen LogP contribution in [0, 0.1) is 11.8 Å². The first-order chi connectivity index (χ1) is 6.13. The summed E-state index contributed by atoms with van der Waals surface area (Å²) in [4.78, 5) is 2.38. The van der Waals surface area contributed by atoms with E-state index in [1.54, 1.807) is 0 Å². The van der Waals surface area contributed by atoms with Crippen molar-refractivity contribution in [2.75, 3.05) is 20.1 Å². The van der Waals surface area contributed by atoms with E-state index in [0.717, 1.165) is 18.4 Å². The van der Waals surface area contributed by atoms with E-state index >= 15 is 0 Å². The fraction of sp³-hybridized carbons (Fsp3) is 1.00. The van der Waals surface area contributed by atoms with Gasteiger partial charge < -0.3 is 10.6 Å². The van der Waals surface area contributed by atoms with E-state index in [9.17, 15) is 0 Å². The maximum atomic E-state index is 6.12. The summed E-state index contributed by atoms with van der Waals surface area (Å²) >= 11 is 0. The molecule has 1 rings (SSSR count). The average Bonchev–Trinajstić information content (AvgIpc) is 2.11. The van der Waals surface area contributed by atoms with Crippen molar-refractivity contribution in [2.24, 2.45) is 17.6 Å². The normalized spacial score (nSPS) is 35.3. The molecule has 1 fully saturated rings. The summed E-state index contributed by atoms with van der Waals surface area (Å²) in [6, 6.07) is 0.449. The highest BCUT2D eigenvalue weighted by Gasteiger charge is 2.26. The molecule has 0 saturated heterocycles. The van der Waals surface area contributed by atoms with Crippen LogP contribution in [0.2, 0.25) is 0 Å². The van der Waals surface area contributed by atoms with Crippen LogP contribution in [0.5, 0.6) is 0 Å². The number of hydrogen-bond acceptors (Lipinski definition) is 2. The van der Waals surface area contributed by atoms with Gasteiger partial charge in [0.25, 0.3) is 0 Å². The summed E-state index contributed by atoms with van der Waals surface area (Å²) in [6.45, 7) is 6.88. The highest BCUT2D eigenvalue weighted by Crippen LogP contribution is 2.28. The summed E-state index contributed by atoms with van der Waals surface area (Å²) in [6.07, 6.45) is 3.88. The Labute approximate surface area is 82.5 Å². The Bertz CT molecular complexity index is 147. The number of hydrogen-bond donors (Lipinski definition) is 1. The molecule has 78 valence electrons. The van der Waals surface area contributed by atoms with E-state index in [0.29, 0.717) is 6.04 Å². The summed E-state index contributed by atoms with van der Waals surface area (Å²) in [5.74, 6) is 1.61. The standard InChI is InChI=1S/C11H24N2/c1-4-13(3)8-10-7-9(2)5-6-11(10)12/h9-11H,4-8,12H2,1-3H3. The van der Waals surface area contributed by atoms with Crippen molar-refractivity contribution in [3.05, 3.63) is 0 Å². The Hall–Kier alpha value is -0.0800. The van der Waals surface area contributed by atoms with Crippen LogP contribution in [0.4, 0.5) is 0 Å². The van der Waals surface area contributed by atoms with Crippen molar-refractivity contribution >= 4 is 0 Å². The molecule has 0 aromatic carbocycles. The molecule has 13 heavy (non-hydrogen) atoms. The lowest BCUT2D eigenvalue weighted by molar-refractivity contribution is 0.185. The van der Waals surface area contributed by atoms with Gasteiger partial charge in [-0.05, 0) is 44.7 Å². The maximum absolute atomic E-state index is 6.12. The predicted molar refractivity (Wildman–Crippen MR) is 57.7 cm³/mol. The molecule has 0 aromatic rings. The van der Waals surface area contributed by atoms with Crippen LogP contribution in [-0.4, -0.2) is 31.1 Å². The second kappa shape index (κ2) is 4.97. The van der Waals surface area contributed by atoms with E-state index in [1.807, 2.05) is 0 Å². The van der Waals surface area contributed by atoms with Gasteiger partial charge in [-0.2, -0.15) is 0 Å². The van der Waals surface area contributed by atoms with Gasteiger partial charge in [-0.3, -0.25) is 0 Å². The summed E-state index contributed by atoms with van der Waals surface area (Å²) in [5, 5.41) is 0. The largest absolute Gasteiger partial charge is 0.327 e. The fourth-order valence-corrected chi connectivity index (χ4v) is 2.26. The van der Waals surface area contributed by atoms with Crippen LogP contribution in [0.1, 0.15) is 33.1 Å². The summed E-state index contributed by atoms with van der Waals surface area (Å²) < 4.78 is 0. The van der Waals surface area contributed by atoms with E-state index < -0.39 is 0 Å². The highest BCUT2D eigenvalue weighted by molar-refractivity contribution is 4.82. The van der Waals surface area contributed by atoms with E-state index in [-0.39, 0.29) is 0 Å². The van der Waals surface area contributed by atoms with E-state index in [4.69, 9.17) is 5.73 Å². The van der Waals surface area contributed by atoms with Crippen molar-refractivity contribution in [3.8, 4) is 0 Å². The van der Waals surface area contributed by atoms with Crippen molar-refractivity contribution in [1.29, 1.82) is 0 Å². The molecule has 0 heterocycles. The average molecular weight is 184 g/mol. The zero-order valence-corrected chi connectivity index (χ0v) is 9.29. The molecular weight excluding hydrogens is 160 g/mol. The molecule has 0 aliphatic heterocycles. The molecule has 2 heteroatoms. The van der Waals surface area contributed by atoms with Gasteiger partial charge >= 0.3 is 0 Å². The Morgan fingerprint density at radius 3 is 2.69 bits per heavy atom. The number of rotatable bonds is 3. The van der Waals surface area contributed by atoms with Gasteiger partial charge in [0, 0.05) is 12.6 Å². The molecule has 1 saturated carbocycles. The van der Waals surface area contributed by atoms with Crippen LogP contribution in [0.3, 0.4) is 0 Å². The minimum Gasteiger partial charge on any atom is -0.327 e. The summed E-state index contributed by atoms with van der Waals surface area (Å²) in [5.41, 5.74) is 6.12. The van der Waals surface area contributed by atoms with Crippen LogP contribution in [0.25, 0.3) is 0 Å². The Kier molecular flexibility index (Phi) is 4.20. The van der Waals surface area contributed by atoms with Crippen molar-refractivity contribution in [1.82, 2.24) is 4.90 Å². The third-order valence-corrected chi connectivity index (χ3v) is 3.39. The van der Waals surface area contributed by atoms with Crippen LogP contribution < -0.4 is 5.73 Å². The first kappa shape index (κ1) is 11.0. The van der Waals surface area contributed by atoms with Crippen LogP contribution in [0.15, 0.2) is 0 Å². The smallest absolute Gasteiger partial charge is 0.00795 e. The van der Waals surface area contributed by atoms with Gasteiger partial charge in [-0.25, -0.2) is 0 Å². The molecule has 0 radical (unpaired) electrons. The Morgan fingerprint density at radius 2 is 2.08 bits per heavy atom. The molecule has 0 amide bonds. The second-order valence-corrected chi connectivity index (χ2v) is 4.70. The molecule has 2 N–H and O–H groups in total. The molecular formula is C11H24N2. The highest BCUT2D eigenvalue weighted by atomic mass is 15.1. The van der Waals surface area contributed by atoms with Crippen molar-refractivity contribution in [2.45, 2.75) is 39.2 Å². The Balaban J connectivity index is 2.37. The van der Waals surface area contributed by atoms with Gasteiger partial charge in [0.15, 0.2) is 0 Å². The third-order valence-electron chi connectivity index (χ3n) is 3.39. The first-order valence-corrected chi connectivity index (χ1v) is 5.57. The van der Waals surface area contributed by atoms with Gasteiger partial charge in [-0.1, -0.05) is 13.8 Å². The maximum Gasteiger partial charge on any atom is 0.00795 e. The third kappa shape index (κ3) is 3.28.